The number of hydrogen-bond donors (Lipinski definition) is 2. The third-order valence-electron chi connectivity index (χ3n) is 3.26. The Kier molecular flexibility index (Phi) is 7.23. The number of morpholine rings is 1. The lowest BCUT2D eigenvalue weighted by Crippen LogP contribution is -2.47. The molecule has 0 radical (unpaired) electrons. The van der Waals surface area contributed by atoms with E-state index in [9.17, 15) is 4.79 Å². The number of rotatable bonds is 7. The average molecular weight is 257 g/mol. The SMILES string of the molecule is CCN(CC)CC(C)NC(=O)CC1COCCN1. The van der Waals surface area contributed by atoms with Gasteiger partial charge in [-0.05, 0) is 20.0 Å². The summed E-state index contributed by atoms with van der Waals surface area (Å²) < 4.78 is 5.34. The van der Waals surface area contributed by atoms with Crippen molar-refractivity contribution in [2.24, 2.45) is 0 Å². The Morgan fingerprint density at radius 1 is 1.50 bits per heavy atom. The quantitative estimate of drug-likeness (QED) is 0.685. The van der Waals surface area contributed by atoms with E-state index in [1.165, 1.54) is 0 Å². The number of ether oxygens (including phenoxy) is 1. The van der Waals surface area contributed by atoms with Crippen LogP contribution in [0.4, 0.5) is 0 Å². The summed E-state index contributed by atoms with van der Waals surface area (Å²) in [6.45, 7) is 11.5. The van der Waals surface area contributed by atoms with E-state index in [-0.39, 0.29) is 18.0 Å². The van der Waals surface area contributed by atoms with E-state index in [1.54, 1.807) is 0 Å². The van der Waals surface area contributed by atoms with E-state index in [2.05, 4.69) is 36.3 Å². The maximum atomic E-state index is 11.9. The van der Waals surface area contributed by atoms with E-state index in [0.29, 0.717) is 13.0 Å². The second-order valence-electron chi connectivity index (χ2n) is 4.88. The molecule has 2 unspecified atom stereocenters. The number of likely N-dealkylation sites (N-methyl/N-ethyl adjacent to an activating group) is 1. The van der Waals surface area contributed by atoms with Gasteiger partial charge in [-0.3, -0.25) is 4.79 Å². The summed E-state index contributed by atoms with van der Waals surface area (Å²) in [6, 6.07) is 0.362. The van der Waals surface area contributed by atoms with Crippen molar-refractivity contribution in [1.82, 2.24) is 15.5 Å². The Hall–Kier alpha value is -0.650. The van der Waals surface area contributed by atoms with E-state index < -0.39 is 0 Å². The van der Waals surface area contributed by atoms with Gasteiger partial charge in [0.25, 0.3) is 0 Å². The van der Waals surface area contributed by atoms with Crippen molar-refractivity contribution in [3.8, 4) is 0 Å². The lowest BCUT2D eigenvalue weighted by molar-refractivity contribution is -0.123. The zero-order valence-electron chi connectivity index (χ0n) is 11.9. The average Bonchev–Trinajstić information content (AvgIpc) is 2.36. The summed E-state index contributed by atoms with van der Waals surface area (Å²) in [5.41, 5.74) is 0. The molecule has 1 aliphatic rings. The van der Waals surface area contributed by atoms with E-state index in [0.717, 1.165) is 32.8 Å². The summed E-state index contributed by atoms with van der Waals surface area (Å²) in [6.07, 6.45) is 0.503. The molecule has 1 heterocycles. The van der Waals surface area contributed by atoms with Crippen LogP contribution in [0.5, 0.6) is 0 Å². The van der Waals surface area contributed by atoms with Crippen LogP contribution in [0.1, 0.15) is 27.2 Å². The molecule has 1 fully saturated rings. The molecule has 0 bridgehead atoms. The minimum absolute atomic E-state index is 0.109. The molecule has 1 aliphatic heterocycles. The molecule has 18 heavy (non-hydrogen) atoms. The summed E-state index contributed by atoms with van der Waals surface area (Å²) >= 11 is 0. The number of amides is 1. The van der Waals surface area contributed by atoms with Crippen molar-refractivity contribution < 1.29 is 9.53 Å². The molecule has 0 spiro atoms. The highest BCUT2D eigenvalue weighted by Gasteiger charge is 2.18. The van der Waals surface area contributed by atoms with Crippen LogP contribution in [0.15, 0.2) is 0 Å². The zero-order valence-corrected chi connectivity index (χ0v) is 11.9. The van der Waals surface area contributed by atoms with Gasteiger partial charge in [-0.25, -0.2) is 0 Å². The van der Waals surface area contributed by atoms with Crippen molar-refractivity contribution in [3.63, 3.8) is 0 Å². The molecule has 0 aromatic rings. The van der Waals surface area contributed by atoms with Gasteiger partial charge in [-0.15, -0.1) is 0 Å². The monoisotopic (exact) mass is 257 g/mol. The van der Waals surface area contributed by atoms with Crippen LogP contribution < -0.4 is 10.6 Å². The van der Waals surface area contributed by atoms with Gasteiger partial charge < -0.3 is 20.3 Å². The largest absolute Gasteiger partial charge is 0.378 e. The molecule has 0 saturated carbocycles. The molecule has 1 saturated heterocycles. The Morgan fingerprint density at radius 3 is 2.78 bits per heavy atom. The fourth-order valence-electron chi connectivity index (χ4n) is 2.22. The molecular weight excluding hydrogens is 230 g/mol. The van der Waals surface area contributed by atoms with Crippen LogP contribution in [0.25, 0.3) is 0 Å². The van der Waals surface area contributed by atoms with Gasteiger partial charge in [0, 0.05) is 31.6 Å². The number of carbonyl (C=O) groups is 1. The first-order chi connectivity index (χ1) is 8.65. The van der Waals surface area contributed by atoms with Crippen molar-refractivity contribution in [1.29, 1.82) is 0 Å². The number of carbonyl (C=O) groups excluding carboxylic acids is 1. The van der Waals surface area contributed by atoms with Crippen LogP contribution in [0, 0.1) is 0 Å². The van der Waals surface area contributed by atoms with Gasteiger partial charge in [-0.1, -0.05) is 13.8 Å². The fourth-order valence-corrected chi connectivity index (χ4v) is 2.22. The van der Waals surface area contributed by atoms with Crippen molar-refractivity contribution in [3.05, 3.63) is 0 Å². The molecule has 5 nitrogen and oxygen atoms in total. The molecule has 5 heteroatoms. The number of hydrogen-bond acceptors (Lipinski definition) is 4. The minimum atomic E-state index is 0.109. The maximum absolute atomic E-state index is 11.9. The molecule has 1 amide bonds. The lowest BCUT2D eigenvalue weighted by Gasteiger charge is -2.26. The normalized spacial score (nSPS) is 21.9. The molecular formula is C13H27N3O2. The van der Waals surface area contributed by atoms with E-state index in [1.807, 2.05) is 0 Å². The van der Waals surface area contributed by atoms with Crippen molar-refractivity contribution >= 4 is 5.91 Å². The first kappa shape index (κ1) is 15.4. The molecule has 2 N–H and O–H groups in total. The van der Waals surface area contributed by atoms with E-state index >= 15 is 0 Å². The zero-order chi connectivity index (χ0) is 13.4. The Labute approximate surface area is 110 Å². The molecule has 106 valence electrons. The van der Waals surface area contributed by atoms with Crippen LogP contribution in [-0.4, -0.2) is 62.3 Å². The molecule has 0 aromatic carbocycles. The second-order valence-corrected chi connectivity index (χ2v) is 4.88. The van der Waals surface area contributed by atoms with Crippen molar-refractivity contribution in [2.75, 3.05) is 39.4 Å². The van der Waals surface area contributed by atoms with Gasteiger partial charge in [0.15, 0.2) is 0 Å². The third-order valence-corrected chi connectivity index (χ3v) is 3.26. The third kappa shape index (κ3) is 5.80. The van der Waals surface area contributed by atoms with Gasteiger partial charge in [0.05, 0.1) is 13.2 Å². The highest BCUT2D eigenvalue weighted by molar-refractivity contribution is 5.76. The first-order valence-corrected chi connectivity index (χ1v) is 6.98. The highest BCUT2D eigenvalue weighted by Crippen LogP contribution is 1.99. The van der Waals surface area contributed by atoms with Crippen LogP contribution in [0.2, 0.25) is 0 Å². The molecule has 0 aromatic heterocycles. The molecule has 0 aliphatic carbocycles. The second kappa shape index (κ2) is 8.45. The summed E-state index contributed by atoms with van der Waals surface area (Å²) in [5.74, 6) is 0.109. The first-order valence-electron chi connectivity index (χ1n) is 6.98. The van der Waals surface area contributed by atoms with Gasteiger partial charge in [0.2, 0.25) is 5.91 Å². The molecule has 1 rings (SSSR count). The summed E-state index contributed by atoms with van der Waals surface area (Å²) in [4.78, 5) is 14.2. The van der Waals surface area contributed by atoms with Crippen LogP contribution >= 0.6 is 0 Å². The Balaban J connectivity index is 2.21. The van der Waals surface area contributed by atoms with Gasteiger partial charge >= 0.3 is 0 Å². The predicted octanol–water partition coefficient (Wildman–Crippen LogP) is 0.211. The fraction of sp³-hybridized carbons (Fsp3) is 0.923. The number of nitrogens with one attached hydrogen (secondary N) is 2. The highest BCUT2D eigenvalue weighted by atomic mass is 16.5. The maximum Gasteiger partial charge on any atom is 0.221 e. The lowest BCUT2D eigenvalue weighted by atomic mass is 10.2. The van der Waals surface area contributed by atoms with E-state index in [4.69, 9.17) is 4.74 Å². The smallest absolute Gasteiger partial charge is 0.221 e. The Bertz CT molecular complexity index is 238. The minimum Gasteiger partial charge on any atom is -0.378 e. The van der Waals surface area contributed by atoms with Crippen LogP contribution in [-0.2, 0) is 9.53 Å². The predicted molar refractivity (Wildman–Crippen MR) is 72.6 cm³/mol. The summed E-state index contributed by atoms with van der Waals surface area (Å²) in [7, 11) is 0. The van der Waals surface area contributed by atoms with Gasteiger partial charge in [-0.2, -0.15) is 0 Å². The van der Waals surface area contributed by atoms with Crippen LogP contribution in [0.3, 0.4) is 0 Å². The van der Waals surface area contributed by atoms with Gasteiger partial charge in [0.1, 0.15) is 0 Å². The standard InChI is InChI=1S/C13H27N3O2/c1-4-16(5-2)9-11(3)15-13(17)8-12-10-18-7-6-14-12/h11-12,14H,4-10H2,1-3H3,(H,15,17). The topological polar surface area (TPSA) is 53.6 Å². The summed E-state index contributed by atoms with van der Waals surface area (Å²) in [5, 5.41) is 6.34. The number of nitrogens with zero attached hydrogens (tertiary/aromatic N) is 1. The Morgan fingerprint density at radius 2 is 2.22 bits per heavy atom. The molecule has 2 atom stereocenters. The van der Waals surface area contributed by atoms with Crippen molar-refractivity contribution in [2.45, 2.75) is 39.3 Å².